The summed E-state index contributed by atoms with van der Waals surface area (Å²) in [5.74, 6) is 0.650. The highest BCUT2D eigenvalue weighted by Crippen LogP contribution is 2.38. The van der Waals surface area contributed by atoms with Crippen LogP contribution in [0.15, 0.2) is 42.7 Å². The Morgan fingerprint density at radius 2 is 2.07 bits per heavy atom. The number of amides is 1. The van der Waals surface area contributed by atoms with Crippen LogP contribution in [0.1, 0.15) is 40.6 Å². The molecule has 2 aromatic heterocycles. The molecule has 7 heteroatoms. The maximum absolute atomic E-state index is 12.9. The van der Waals surface area contributed by atoms with Crippen LogP contribution in [-0.2, 0) is 7.05 Å². The molecule has 2 heterocycles. The van der Waals surface area contributed by atoms with Crippen LogP contribution in [0, 0.1) is 12.8 Å². The third-order valence-corrected chi connectivity index (χ3v) is 5.14. The summed E-state index contributed by atoms with van der Waals surface area (Å²) in [5, 5.41) is 17.0. The summed E-state index contributed by atoms with van der Waals surface area (Å²) in [4.78, 5) is 20.7. The summed E-state index contributed by atoms with van der Waals surface area (Å²) >= 11 is 0. The van der Waals surface area contributed by atoms with E-state index in [1.54, 1.807) is 10.9 Å². The Labute approximate surface area is 157 Å². The van der Waals surface area contributed by atoms with Crippen molar-refractivity contribution in [3.05, 3.63) is 59.7 Å². The van der Waals surface area contributed by atoms with Crippen molar-refractivity contribution in [3.8, 4) is 11.4 Å². The van der Waals surface area contributed by atoms with Gasteiger partial charge in [-0.1, -0.05) is 30.3 Å². The van der Waals surface area contributed by atoms with Gasteiger partial charge in [0.1, 0.15) is 11.5 Å². The Hall–Kier alpha value is -2.93. The number of aliphatic hydroxyl groups excluding tert-OH is 1. The lowest BCUT2D eigenvalue weighted by Crippen LogP contribution is -2.41. The molecule has 0 unspecified atom stereocenters. The number of H-pyrrole nitrogens is 1. The van der Waals surface area contributed by atoms with E-state index in [2.05, 4.69) is 20.4 Å². The van der Waals surface area contributed by atoms with Crippen molar-refractivity contribution < 1.29 is 9.90 Å². The minimum atomic E-state index is -0.289. The van der Waals surface area contributed by atoms with Gasteiger partial charge in [-0.25, -0.2) is 4.98 Å². The van der Waals surface area contributed by atoms with Crippen LogP contribution in [0.4, 0.5) is 0 Å². The summed E-state index contributed by atoms with van der Waals surface area (Å²) in [6.07, 6.45) is 4.73. The Kier molecular flexibility index (Phi) is 4.53. The Morgan fingerprint density at radius 3 is 2.70 bits per heavy atom. The zero-order valence-electron chi connectivity index (χ0n) is 15.4. The average Bonchev–Trinajstić information content (AvgIpc) is 3.24. The van der Waals surface area contributed by atoms with Gasteiger partial charge in [0.15, 0.2) is 0 Å². The first-order chi connectivity index (χ1) is 13.0. The number of aryl methyl sites for hydroxylation is 2. The van der Waals surface area contributed by atoms with Crippen molar-refractivity contribution in [2.45, 2.75) is 31.9 Å². The molecule has 0 bridgehead atoms. The van der Waals surface area contributed by atoms with Crippen LogP contribution < -0.4 is 5.32 Å². The topological polar surface area (TPSA) is 95.8 Å². The quantitative estimate of drug-likeness (QED) is 0.647. The fourth-order valence-electron chi connectivity index (χ4n) is 3.60. The molecule has 140 valence electrons. The van der Waals surface area contributed by atoms with E-state index >= 15 is 0 Å². The summed E-state index contributed by atoms with van der Waals surface area (Å²) in [6.45, 7) is 1.85. The lowest BCUT2D eigenvalue weighted by atomic mass is 9.75. The normalized spacial score (nSPS) is 20.1. The first kappa shape index (κ1) is 17.5. The number of hydrogen-bond acceptors (Lipinski definition) is 4. The van der Waals surface area contributed by atoms with Crippen molar-refractivity contribution in [3.63, 3.8) is 0 Å². The molecule has 1 aliphatic carbocycles. The molecule has 3 N–H and O–H groups in total. The number of benzene rings is 1. The second-order valence-electron chi connectivity index (χ2n) is 7.21. The monoisotopic (exact) mass is 365 g/mol. The van der Waals surface area contributed by atoms with Crippen LogP contribution >= 0.6 is 0 Å². The molecule has 1 aromatic carbocycles. The molecule has 3 aromatic rings. The molecule has 1 atom stereocenters. The number of carbonyl (C=O) groups is 1. The standard InChI is InChI=1S/C20H23N5O2/c1-12-17(23-19(22-12)13-6-4-3-5-7-13)20(27)24-18(14-8-16(26)9-14)15-10-21-25(2)11-15/h3-7,10-11,14,16,18,26H,8-9H2,1-2H3,(H,22,23)(H,24,27)/t14?,16?,18-/m0/s1. The van der Waals surface area contributed by atoms with E-state index in [1.165, 1.54) is 0 Å². The second kappa shape index (κ2) is 7.00. The van der Waals surface area contributed by atoms with E-state index in [0.29, 0.717) is 24.4 Å². The lowest BCUT2D eigenvalue weighted by Gasteiger charge is -2.37. The number of hydrogen-bond donors (Lipinski definition) is 3. The first-order valence-corrected chi connectivity index (χ1v) is 9.10. The largest absolute Gasteiger partial charge is 0.393 e. The SMILES string of the molecule is Cc1[nH]c(-c2ccccc2)nc1C(=O)N[C@H](c1cnn(C)c1)C1CC(O)C1. The Morgan fingerprint density at radius 1 is 1.33 bits per heavy atom. The number of aromatic nitrogens is 4. The molecular weight excluding hydrogens is 342 g/mol. The second-order valence-corrected chi connectivity index (χ2v) is 7.21. The van der Waals surface area contributed by atoms with Crippen molar-refractivity contribution in [1.82, 2.24) is 25.1 Å². The highest BCUT2D eigenvalue weighted by atomic mass is 16.3. The van der Waals surface area contributed by atoms with Crippen LogP contribution in [0.3, 0.4) is 0 Å². The molecule has 1 aliphatic rings. The summed E-state index contributed by atoms with van der Waals surface area (Å²) in [7, 11) is 1.85. The van der Waals surface area contributed by atoms with Crippen LogP contribution in [0.2, 0.25) is 0 Å². The third kappa shape index (κ3) is 3.50. The highest BCUT2D eigenvalue weighted by molar-refractivity contribution is 5.94. The van der Waals surface area contributed by atoms with Crippen molar-refractivity contribution in [2.24, 2.45) is 13.0 Å². The summed E-state index contributed by atoms with van der Waals surface area (Å²) in [5.41, 5.74) is 3.00. The zero-order chi connectivity index (χ0) is 19.0. The van der Waals surface area contributed by atoms with Gasteiger partial charge in [0.25, 0.3) is 5.91 Å². The van der Waals surface area contributed by atoms with E-state index in [-0.39, 0.29) is 24.0 Å². The van der Waals surface area contributed by atoms with Gasteiger partial charge in [0, 0.05) is 30.1 Å². The van der Waals surface area contributed by atoms with Gasteiger partial charge in [0.2, 0.25) is 0 Å². The van der Waals surface area contributed by atoms with Gasteiger partial charge < -0.3 is 15.4 Å². The number of aliphatic hydroxyl groups is 1. The van der Waals surface area contributed by atoms with Gasteiger partial charge in [-0.15, -0.1) is 0 Å². The minimum Gasteiger partial charge on any atom is -0.393 e. The van der Waals surface area contributed by atoms with E-state index in [4.69, 9.17) is 0 Å². The maximum atomic E-state index is 12.9. The molecule has 1 saturated carbocycles. The third-order valence-electron chi connectivity index (χ3n) is 5.14. The Balaban J connectivity index is 1.57. The van der Waals surface area contributed by atoms with Gasteiger partial charge in [-0.3, -0.25) is 9.48 Å². The predicted octanol–water partition coefficient (Wildman–Crippen LogP) is 2.36. The van der Waals surface area contributed by atoms with E-state index in [9.17, 15) is 9.90 Å². The van der Waals surface area contributed by atoms with Crippen molar-refractivity contribution in [2.75, 3.05) is 0 Å². The molecule has 1 amide bonds. The molecule has 0 saturated heterocycles. The predicted molar refractivity (Wildman–Crippen MR) is 101 cm³/mol. The number of rotatable bonds is 5. The molecule has 27 heavy (non-hydrogen) atoms. The van der Waals surface area contributed by atoms with Gasteiger partial charge >= 0.3 is 0 Å². The van der Waals surface area contributed by atoms with Gasteiger partial charge in [-0.05, 0) is 25.7 Å². The van der Waals surface area contributed by atoms with E-state index < -0.39 is 0 Å². The number of nitrogens with one attached hydrogen (secondary N) is 2. The molecule has 1 fully saturated rings. The fourth-order valence-corrected chi connectivity index (χ4v) is 3.60. The van der Waals surface area contributed by atoms with Crippen molar-refractivity contribution in [1.29, 1.82) is 0 Å². The van der Waals surface area contributed by atoms with Gasteiger partial charge in [0.05, 0.1) is 18.3 Å². The first-order valence-electron chi connectivity index (χ1n) is 9.10. The molecule has 7 nitrogen and oxygen atoms in total. The summed E-state index contributed by atoms with van der Waals surface area (Å²) in [6, 6.07) is 9.53. The van der Waals surface area contributed by atoms with Crippen LogP contribution in [0.25, 0.3) is 11.4 Å². The van der Waals surface area contributed by atoms with E-state index in [1.807, 2.05) is 50.5 Å². The highest BCUT2D eigenvalue weighted by Gasteiger charge is 2.36. The van der Waals surface area contributed by atoms with Crippen LogP contribution in [-0.4, -0.2) is 36.9 Å². The lowest BCUT2D eigenvalue weighted by molar-refractivity contribution is 0.0234. The van der Waals surface area contributed by atoms with Crippen LogP contribution in [0.5, 0.6) is 0 Å². The number of aromatic amines is 1. The number of imidazole rings is 1. The molecule has 0 radical (unpaired) electrons. The maximum Gasteiger partial charge on any atom is 0.272 e. The molecular formula is C20H23N5O2. The average molecular weight is 365 g/mol. The smallest absolute Gasteiger partial charge is 0.272 e. The molecule has 4 rings (SSSR count). The minimum absolute atomic E-state index is 0.189. The molecule has 0 spiro atoms. The van der Waals surface area contributed by atoms with E-state index in [0.717, 1.165) is 16.8 Å². The Bertz CT molecular complexity index is 940. The van der Waals surface area contributed by atoms with Gasteiger partial charge in [-0.2, -0.15) is 5.10 Å². The molecule has 0 aliphatic heterocycles. The van der Waals surface area contributed by atoms with Crippen molar-refractivity contribution >= 4 is 5.91 Å². The number of nitrogens with zero attached hydrogens (tertiary/aromatic N) is 3. The number of carbonyl (C=O) groups excluding carboxylic acids is 1. The zero-order valence-corrected chi connectivity index (χ0v) is 15.4. The fraction of sp³-hybridized carbons (Fsp3) is 0.350. The summed E-state index contributed by atoms with van der Waals surface area (Å²) < 4.78 is 1.72.